The lowest BCUT2D eigenvalue weighted by atomic mass is 10.1. The number of likely N-dealkylation sites (N-methyl/N-ethyl adjacent to an activating group) is 1. The van der Waals surface area contributed by atoms with Gasteiger partial charge in [-0.05, 0) is 37.9 Å². The summed E-state index contributed by atoms with van der Waals surface area (Å²) in [4.78, 5) is 13.1. The summed E-state index contributed by atoms with van der Waals surface area (Å²) in [5, 5.41) is 9.07. The van der Waals surface area contributed by atoms with Gasteiger partial charge in [-0.3, -0.25) is 0 Å². The van der Waals surface area contributed by atoms with Crippen LogP contribution in [-0.2, 0) is 0 Å². The maximum Gasteiger partial charge on any atom is 0.335 e. The Kier molecular flexibility index (Phi) is 5.60. The number of nitrogens with zero attached hydrogens (tertiary/aromatic N) is 1. The minimum atomic E-state index is -0.997. The number of carboxylic acids is 1. The molecule has 23 heavy (non-hydrogen) atoms. The molecule has 0 aliphatic carbocycles. The van der Waals surface area contributed by atoms with Gasteiger partial charge in [-0.15, -0.1) is 0 Å². The van der Waals surface area contributed by atoms with Crippen molar-refractivity contribution >= 4 is 5.97 Å². The van der Waals surface area contributed by atoms with Crippen LogP contribution in [0.25, 0.3) is 0 Å². The highest BCUT2D eigenvalue weighted by molar-refractivity contribution is 5.88. The number of methoxy groups -OCH3 is 1. The van der Waals surface area contributed by atoms with Crippen LogP contribution in [0.5, 0.6) is 11.5 Å². The Balaban J connectivity index is 2.30. The van der Waals surface area contributed by atoms with Gasteiger partial charge in [0.2, 0.25) is 0 Å². The van der Waals surface area contributed by atoms with Crippen LogP contribution >= 0.6 is 0 Å². The number of hydrogen-bond acceptors (Lipinski definition) is 4. The highest BCUT2D eigenvalue weighted by Crippen LogP contribution is 2.32. The van der Waals surface area contributed by atoms with Gasteiger partial charge in [0, 0.05) is 6.54 Å². The van der Waals surface area contributed by atoms with Crippen molar-refractivity contribution < 1.29 is 19.4 Å². The second kappa shape index (κ2) is 7.65. The second-order valence-corrected chi connectivity index (χ2v) is 5.45. The molecule has 0 radical (unpaired) electrons. The average molecular weight is 315 g/mol. The predicted octanol–water partition coefficient (Wildman–Crippen LogP) is 3.08. The smallest absolute Gasteiger partial charge is 0.335 e. The van der Waals surface area contributed by atoms with Gasteiger partial charge >= 0.3 is 5.97 Å². The fourth-order valence-corrected chi connectivity index (χ4v) is 2.26. The Morgan fingerprint density at radius 1 is 1.13 bits per heavy atom. The lowest BCUT2D eigenvalue weighted by Crippen LogP contribution is -2.24. The van der Waals surface area contributed by atoms with E-state index in [-0.39, 0.29) is 11.7 Å². The van der Waals surface area contributed by atoms with E-state index < -0.39 is 5.97 Å². The molecule has 0 aliphatic heterocycles. The molecule has 1 atom stereocenters. The van der Waals surface area contributed by atoms with Crippen molar-refractivity contribution in [3.8, 4) is 11.5 Å². The summed E-state index contributed by atoms with van der Waals surface area (Å²) in [7, 11) is 5.45. The fraction of sp³-hybridized carbons (Fsp3) is 0.278. The second-order valence-electron chi connectivity index (χ2n) is 5.45. The van der Waals surface area contributed by atoms with Crippen molar-refractivity contribution in [1.82, 2.24) is 4.90 Å². The van der Waals surface area contributed by atoms with Crippen LogP contribution < -0.4 is 9.47 Å². The number of aromatic carboxylic acids is 1. The van der Waals surface area contributed by atoms with E-state index in [2.05, 4.69) is 0 Å². The van der Waals surface area contributed by atoms with Gasteiger partial charge < -0.3 is 19.5 Å². The number of ether oxygens (including phenoxy) is 2. The highest BCUT2D eigenvalue weighted by Gasteiger charge is 2.18. The number of carboxylic acid groups (broad SMARTS) is 1. The Labute approximate surface area is 136 Å². The monoisotopic (exact) mass is 315 g/mol. The fourth-order valence-electron chi connectivity index (χ4n) is 2.26. The molecule has 0 spiro atoms. The molecule has 0 saturated heterocycles. The Morgan fingerprint density at radius 3 is 2.39 bits per heavy atom. The van der Waals surface area contributed by atoms with E-state index in [9.17, 15) is 4.79 Å². The summed E-state index contributed by atoms with van der Waals surface area (Å²) in [6, 6.07) is 14.5. The van der Waals surface area contributed by atoms with Gasteiger partial charge in [-0.25, -0.2) is 4.79 Å². The molecular weight excluding hydrogens is 294 g/mol. The lowest BCUT2D eigenvalue weighted by Gasteiger charge is -2.24. The van der Waals surface area contributed by atoms with Crippen molar-refractivity contribution in [2.45, 2.75) is 6.10 Å². The molecule has 5 heteroatoms. The number of hydrogen-bond donors (Lipinski definition) is 1. The highest BCUT2D eigenvalue weighted by atomic mass is 16.5. The van der Waals surface area contributed by atoms with Crippen molar-refractivity contribution in [2.24, 2.45) is 0 Å². The standard InChI is InChI=1S/C18H21NO4/c1-19(2)12-17(13-7-5-4-6-8-13)23-15-10-9-14(18(20)21)11-16(15)22-3/h4-11,17H,12H2,1-3H3,(H,20,21)/t17-/m0/s1. The molecule has 0 heterocycles. The molecule has 2 rings (SSSR count). The van der Waals surface area contributed by atoms with Crippen LogP contribution in [0, 0.1) is 0 Å². The zero-order chi connectivity index (χ0) is 16.8. The maximum atomic E-state index is 11.1. The van der Waals surface area contributed by atoms with Gasteiger partial charge in [-0.2, -0.15) is 0 Å². The van der Waals surface area contributed by atoms with Gasteiger partial charge in [0.1, 0.15) is 6.10 Å². The van der Waals surface area contributed by atoms with Gasteiger partial charge in [-0.1, -0.05) is 30.3 Å². The summed E-state index contributed by atoms with van der Waals surface area (Å²) in [5.74, 6) is -0.0689. The average Bonchev–Trinajstić information content (AvgIpc) is 2.54. The summed E-state index contributed by atoms with van der Waals surface area (Å²) >= 11 is 0. The Hall–Kier alpha value is -2.53. The van der Waals surface area contributed by atoms with E-state index in [1.807, 2.05) is 49.3 Å². The van der Waals surface area contributed by atoms with E-state index in [0.29, 0.717) is 18.0 Å². The Bertz CT molecular complexity index is 655. The molecule has 0 aliphatic rings. The first-order valence-electron chi connectivity index (χ1n) is 7.29. The van der Waals surface area contributed by atoms with E-state index >= 15 is 0 Å². The molecule has 0 unspecified atom stereocenters. The van der Waals surface area contributed by atoms with Crippen LogP contribution in [0.4, 0.5) is 0 Å². The van der Waals surface area contributed by atoms with Crippen molar-refractivity contribution in [3.63, 3.8) is 0 Å². The minimum Gasteiger partial charge on any atom is -0.493 e. The van der Waals surface area contributed by atoms with Crippen LogP contribution in [0.15, 0.2) is 48.5 Å². The zero-order valence-electron chi connectivity index (χ0n) is 13.5. The predicted molar refractivity (Wildman–Crippen MR) is 88.3 cm³/mol. The van der Waals surface area contributed by atoms with Crippen LogP contribution in [0.2, 0.25) is 0 Å². The number of benzene rings is 2. The summed E-state index contributed by atoms with van der Waals surface area (Å²) in [5.41, 5.74) is 1.21. The third-order valence-electron chi connectivity index (χ3n) is 3.38. The third-order valence-corrected chi connectivity index (χ3v) is 3.38. The molecule has 2 aromatic rings. The molecule has 5 nitrogen and oxygen atoms in total. The van der Waals surface area contributed by atoms with E-state index in [4.69, 9.17) is 14.6 Å². The molecule has 0 aromatic heterocycles. The van der Waals surface area contributed by atoms with Crippen LogP contribution in [0.1, 0.15) is 22.0 Å². The van der Waals surface area contributed by atoms with Crippen LogP contribution in [0.3, 0.4) is 0 Å². The van der Waals surface area contributed by atoms with E-state index in [0.717, 1.165) is 5.56 Å². The van der Waals surface area contributed by atoms with Crippen molar-refractivity contribution in [2.75, 3.05) is 27.7 Å². The van der Waals surface area contributed by atoms with Crippen LogP contribution in [-0.4, -0.2) is 43.7 Å². The van der Waals surface area contributed by atoms with Crippen molar-refractivity contribution in [1.29, 1.82) is 0 Å². The van der Waals surface area contributed by atoms with E-state index in [1.165, 1.54) is 19.2 Å². The molecule has 1 N–H and O–H groups in total. The first kappa shape index (κ1) is 16.8. The summed E-state index contributed by atoms with van der Waals surface area (Å²) in [6.07, 6.45) is -0.184. The van der Waals surface area contributed by atoms with Crippen molar-refractivity contribution in [3.05, 3.63) is 59.7 Å². The van der Waals surface area contributed by atoms with Gasteiger partial charge in [0.15, 0.2) is 11.5 Å². The molecule has 0 fully saturated rings. The molecule has 2 aromatic carbocycles. The zero-order valence-corrected chi connectivity index (χ0v) is 13.5. The van der Waals surface area contributed by atoms with Gasteiger partial charge in [0.25, 0.3) is 0 Å². The molecule has 0 amide bonds. The first-order valence-corrected chi connectivity index (χ1v) is 7.29. The topological polar surface area (TPSA) is 59.0 Å². The SMILES string of the molecule is COc1cc(C(=O)O)ccc1O[C@@H](CN(C)C)c1ccccc1. The third kappa shape index (κ3) is 4.47. The molecule has 0 bridgehead atoms. The molecule has 122 valence electrons. The Morgan fingerprint density at radius 2 is 1.83 bits per heavy atom. The molecular formula is C18H21NO4. The normalized spacial score (nSPS) is 12.0. The summed E-state index contributed by atoms with van der Waals surface area (Å²) < 4.78 is 11.4. The minimum absolute atomic E-state index is 0.165. The lowest BCUT2D eigenvalue weighted by molar-refractivity contribution is 0.0696. The quantitative estimate of drug-likeness (QED) is 0.851. The van der Waals surface area contributed by atoms with Gasteiger partial charge in [0.05, 0.1) is 12.7 Å². The summed E-state index contributed by atoms with van der Waals surface area (Å²) in [6.45, 7) is 0.688. The van der Waals surface area contributed by atoms with E-state index in [1.54, 1.807) is 6.07 Å². The first-order chi connectivity index (χ1) is 11.0. The largest absolute Gasteiger partial charge is 0.493 e. The molecule has 0 saturated carbocycles. The maximum absolute atomic E-state index is 11.1. The number of rotatable bonds is 7. The number of carbonyl (C=O) groups is 1.